The van der Waals surface area contributed by atoms with Crippen molar-refractivity contribution in [2.75, 3.05) is 0 Å². The van der Waals surface area contributed by atoms with Gasteiger partial charge in [-0.3, -0.25) is 0 Å². The number of rotatable bonds is 1. The van der Waals surface area contributed by atoms with Gasteiger partial charge in [-0.1, -0.05) is 78.9 Å². The zero-order chi connectivity index (χ0) is 31.3. The molecule has 0 saturated carbocycles. The quantitative estimate of drug-likeness (QED) is 0.167. The number of hydrogen-bond acceptors (Lipinski definition) is 0. The zero-order valence-electron chi connectivity index (χ0n) is 26.3. The topological polar surface area (TPSA) is 11.6 Å². The summed E-state index contributed by atoms with van der Waals surface area (Å²) < 4.78 is 7.26. The summed E-state index contributed by atoms with van der Waals surface area (Å²) in [5.41, 5.74) is 15.9. The van der Waals surface area contributed by atoms with Gasteiger partial charge >= 0.3 is 0 Å². The standard InChI is InChI=1S/C44H34N3/c1-31-27-42-37-21-9-10-22-38(37)44-30-45-25-13-11-23-40(45)35-19-7-8-20-36(35)43(47(42)29-39(31)32-15-3-2-4-16-32)28-33-17-5-6-18-34(33)41-24-12-14-26-46(41)44/h2-27,29-30,43H,28H2,1H3/q+3/b44-30-. The van der Waals surface area contributed by atoms with E-state index in [0.717, 1.165) is 17.8 Å². The molecule has 2 bridgehead atoms. The van der Waals surface area contributed by atoms with Gasteiger partial charge < -0.3 is 0 Å². The highest BCUT2D eigenvalue weighted by Gasteiger charge is 2.37. The molecule has 3 aromatic heterocycles. The first-order valence-electron chi connectivity index (χ1n) is 16.4. The summed E-state index contributed by atoms with van der Waals surface area (Å²) in [7, 11) is 0. The molecular formula is C44H34N3+3. The molecule has 0 spiro atoms. The van der Waals surface area contributed by atoms with Crippen LogP contribution in [0.3, 0.4) is 0 Å². The fraction of sp³-hybridized carbons (Fsp3) is 0.0682. The van der Waals surface area contributed by atoms with Crippen molar-refractivity contribution in [3.05, 3.63) is 186 Å². The molecule has 5 heterocycles. The maximum absolute atomic E-state index is 2.57. The third-order valence-corrected chi connectivity index (χ3v) is 9.80. The van der Waals surface area contributed by atoms with Gasteiger partial charge in [0.25, 0.3) is 5.70 Å². The molecule has 0 saturated heterocycles. The van der Waals surface area contributed by atoms with Crippen molar-refractivity contribution in [2.45, 2.75) is 19.4 Å². The molecule has 0 radical (unpaired) electrons. The van der Waals surface area contributed by atoms with Crippen molar-refractivity contribution < 1.29 is 13.7 Å². The van der Waals surface area contributed by atoms with E-state index < -0.39 is 0 Å². The number of pyridine rings is 3. The van der Waals surface area contributed by atoms with Crippen LogP contribution in [0.4, 0.5) is 0 Å². The third-order valence-electron chi connectivity index (χ3n) is 9.80. The van der Waals surface area contributed by atoms with Gasteiger partial charge in [-0.25, -0.2) is 0 Å². The van der Waals surface area contributed by atoms with Crippen molar-refractivity contribution in [3.8, 4) is 44.9 Å². The van der Waals surface area contributed by atoms with Crippen molar-refractivity contribution in [3.63, 3.8) is 0 Å². The SMILES string of the molecule is Cc1cc2[n+](cc1-c1ccccc1)C1Cc3ccccc3-c3cccc[n+]3/C(=C\[n+]3ccccc3-c3ccccc31)c1ccccc1-2. The molecule has 2 aliphatic heterocycles. The van der Waals surface area contributed by atoms with Crippen molar-refractivity contribution in [1.82, 2.24) is 0 Å². The average Bonchev–Trinajstić information content (AvgIpc) is 3.15. The predicted molar refractivity (Wildman–Crippen MR) is 188 cm³/mol. The molecular weight excluding hydrogens is 571 g/mol. The average molecular weight is 605 g/mol. The Balaban J connectivity index is 1.52. The number of nitrogens with zero attached hydrogens (tertiary/aromatic N) is 3. The molecule has 7 aromatic rings. The van der Waals surface area contributed by atoms with Crippen LogP contribution in [0.25, 0.3) is 56.8 Å². The van der Waals surface area contributed by atoms with Crippen molar-refractivity contribution in [2.24, 2.45) is 0 Å². The van der Waals surface area contributed by atoms with Crippen LogP contribution in [-0.2, 0) is 6.42 Å². The van der Waals surface area contributed by atoms with Gasteiger partial charge in [0.05, 0.1) is 22.3 Å². The normalized spacial score (nSPS) is 15.4. The van der Waals surface area contributed by atoms with Gasteiger partial charge in [-0.15, -0.1) is 0 Å². The second-order valence-corrected chi connectivity index (χ2v) is 12.5. The van der Waals surface area contributed by atoms with Gasteiger partial charge in [-0.05, 0) is 60.0 Å². The molecule has 2 aliphatic rings. The van der Waals surface area contributed by atoms with E-state index in [1.54, 1.807) is 0 Å². The van der Waals surface area contributed by atoms with Crippen LogP contribution in [0.2, 0.25) is 0 Å². The lowest BCUT2D eigenvalue weighted by molar-refractivity contribution is -0.702. The number of aryl methyl sites for hydroxylation is 1. The maximum Gasteiger partial charge on any atom is 0.283 e. The molecule has 3 heteroatoms. The Kier molecular flexibility index (Phi) is 6.50. The van der Waals surface area contributed by atoms with E-state index >= 15 is 0 Å². The van der Waals surface area contributed by atoms with Crippen LogP contribution < -0.4 is 13.7 Å². The fourth-order valence-electron chi connectivity index (χ4n) is 7.59. The Labute approximate surface area is 275 Å². The highest BCUT2D eigenvalue weighted by Crippen LogP contribution is 2.38. The highest BCUT2D eigenvalue weighted by molar-refractivity contribution is 5.81. The third kappa shape index (κ3) is 4.54. The largest absolute Gasteiger partial charge is 0.283 e. The number of fused-ring (bicyclic) bond motifs is 8. The Morgan fingerprint density at radius 2 is 1.19 bits per heavy atom. The lowest BCUT2D eigenvalue weighted by Crippen LogP contribution is -2.44. The molecule has 1 unspecified atom stereocenters. The number of aromatic nitrogens is 3. The lowest BCUT2D eigenvalue weighted by Gasteiger charge is -2.21. The molecule has 4 aromatic carbocycles. The smallest absolute Gasteiger partial charge is 0.190 e. The monoisotopic (exact) mass is 604 g/mol. The lowest BCUT2D eigenvalue weighted by atomic mass is 9.89. The van der Waals surface area contributed by atoms with Gasteiger partial charge in [0.2, 0.25) is 23.3 Å². The van der Waals surface area contributed by atoms with E-state index in [1.165, 1.54) is 61.5 Å². The summed E-state index contributed by atoms with van der Waals surface area (Å²) in [6.07, 6.45) is 9.95. The predicted octanol–water partition coefficient (Wildman–Crippen LogP) is 8.49. The van der Waals surface area contributed by atoms with E-state index in [9.17, 15) is 0 Å². The first kappa shape index (κ1) is 27.4. The van der Waals surface area contributed by atoms with Crippen LogP contribution in [0.15, 0.2) is 164 Å². The van der Waals surface area contributed by atoms with E-state index in [2.05, 4.69) is 191 Å². The zero-order valence-corrected chi connectivity index (χ0v) is 26.3. The minimum atomic E-state index is 0.00365. The second kappa shape index (κ2) is 11.1. The second-order valence-electron chi connectivity index (χ2n) is 12.5. The number of hydrogen-bond donors (Lipinski definition) is 0. The van der Waals surface area contributed by atoms with Crippen LogP contribution in [0, 0.1) is 6.92 Å². The molecule has 3 nitrogen and oxygen atoms in total. The summed E-state index contributed by atoms with van der Waals surface area (Å²) in [4.78, 5) is 0. The molecule has 0 amide bonds. The first-order chi connectivity index (χ1) is 23.2. The molecule has 1 atom stereocenters. The first-order valence-corrected chi connectivity index (χ1v) is 16.4. The van der Waals surface area contributed by atoms with Gasteiger partial charge in [-0.2, -0.15) is 13.7 Å². The molecule has 0 aliphatic carbocycles. The Hall–Kier alpha value is -5.93. The van der Waals surface area contributed by atoms with E-state index in [1.807, 2.05) is 0 Å². The van der Waals surface area contributed by atoms with Crippen molar-refractivity contribution >= 4 is 11.9 Å². The van der Waals surface area contributed by atoms with E-state index in [0.29, 0.717) is 0 Å². The van der Waals surface area contributed by atoms with Gasteiger partial charge in [0.15, 0.2) is 24.6 Å². The summed E-state index contributed by atoms with van der Waals surface area (Å²) in [5, 5.41) is 0. The summed E-state index contributed by atoms with van der Waals surface area (Å²) >= 11 is 0. The number of benzene rings is 4. The Bertz CT molecular complexity index is 2350. The summed E-state index contributed by atoms with van der Waals surface area (Å²) in [5.74, 6) is 0. The van der Waals surface area contributed by atoms with Crippen LogP contribution >= 0.6 is 0 Å². The van der Waals surface area contributed by atoms with Crippen LogP contribution in [0.5, 0.6) is 0 Å². The Morgan fingerprint density at radius 1 is 0.532 bits per heavy atom. The maximum atomic E-state index is 2.57. The molecule has 0 N–H and O–H groups in total. The molecule has 9 rings (SSSR count). The fourth-order valence-corrected chi connectivity index (χ4v) is 7.59. The van der Waals surface area contributed by atoms with Gasteiger partial charge in [0, 0.05) is 47.9 Å². The minimum Gasteiger partial charge on any atom is -0.190 e. The van der Waals surface area contributed by atoms with E-state index in [4.69, 9.17) is 0 Å². The van der Waals surface area contributed by atoms with Gasteiger partial charge in [0.1, 0.15) is 0 Å². The van der Waals surface area contributed by atoms with Crippen molar-refractivity contribution in [1.29, 1.82) is 0 Å². The van der Waals surface area contributed by atoms with Crippen LogP contribution in [-0.4, -0.2) is 0 Å². The minimum absolute atomic E-state index is 0.00365. The Morgan fingerprint density at radius 3 is 2.04 bits per heavy atom. The summed E-state index contributed by atoms with van der Waals surface area (Å²) in [6, 6.07) is 53.2. The molecule has 47 heavy (non-hydrogen) atoms. The molecule has 0 fully saturated rings. The van der Waals surface area contributed by atoms with E-state index in [-0.39, 0.29) is 6.04 Å². The molecule has 222 valence electrons. The highest BCUT2D eigenvalue weighted by atomic mass is 15.0. The summed E-state index contributed by atoms with van der Waals surface area (Å²) in [6.45, 7) is 2.25. The van der Waals surface area contributed by atoms with Crippen LogP contribution in [0.1, 0.15) is 28.3 Å².